The summed E-state index contributed by atoms with van der Waals surface area (Å²) in [5.74, 6) is -0.174. The third kappa shape index (κ3) is 3.38. The number of rotatable bonds is 4. The van der Waals surface area contributed by atoms with Crippen LogP contribution in [0, 0.1) is 5.82 Å². The van der Waals surface area contributed by atoms with Crippen LogP contribution < -0.4 is 10.1 Å². The zero-order valence-corrected chi connectivity index (χ0v) is 11.6. The van der Waals surface area contributed by atoms with Crippen LogP contribution in [0.5, 0.6) is 5.75 Å². The van der Waals surface area contributed by atoms with Crippen LogP contribution in [0.4, 0.5) is 10.1 Å². The van der Waals surface area contributed by atoms with Crippen molar-refractivity contribution in [3.63, 3.8) is 0 Å². The molecule has 1 N–H and O–H groups in total. The van der Waals surface area contributed by atoms with Crippen molar-refractivity contribution in [2.24, 2.45) is 0 Å². The predicted molar refractivity (Wildman–Crippen MR) is 82.3 cm³/mol. The Labute approximate surface area is 126 Å². The molecule has 0 aliphatic carbocycles. The van der Waals surface area contributed by atoms with Gasteiger partial charge < -0.3 is 10.1 Å². The molecule has 3 aromatic rings. The van der Waals surface area contributed by atoms with E-state index in [-0.39, 0.29) is 12.5 Å². The molecule has 0 bridgehead atoms. The SMILES string of the molecule is O=C(COc1ccc2ncccc2c1)Nc1cccc(F)c1. The molecule has 0 unspecified atom stereocenters. The van der Waals surface area contributed by atoms with Gasteiger partial charge in [-0.1, -0.05) is 12.1 Å². The summed E-state index contributed by atoms with van der Waals surface area (Å²) in [6.07, 6.45) is 1.72. The number of carbonyl (C=O) groups excluding carboxylic acids is 1. The van der Waals surface area contributed by atoms with E-state index in [0.717, 1.165) is 10.9 Å². The zero-order valence-electron chi connectivity index (χ0n) is 11.6. The molecule has 2 aromatic carbocycles. The van der Waals surface area contributed by atoms with Crippen molar-refractivity contribution in [3.05, 3.63) is 66.6 Å². The average molecular weight is 296 g/mol. The van der Waals surface area contributed by atoms with Gasteiger partial charge in [0.1, 0.15) is 11.6 Å². The molecule has 3 rings (SSSR count). The van der Waals surface area contributed by atoms with Crippen LogP contribution in [-0.4, -0.2) is 17.5 Å². The second kappa shape index (κ2) is 6.22. The Balaban J connectivity index is 1.62. The van der Waals surface area contributed by atoms with E-state index in [1.807, 2.05) is 24.3 Å². The number of carbonyl (C=O) groups is 1. The Hall–Kier alpha value is -2.95. The van der Waals surface area contributed by atoms with Crippen LogP contribution in [0.1, 0.15) is 0 Å². The maximum Gasteiger partial charge on any atom is 0.262 e. The molecule has 0 radical (unpaired) electrons. The number of anilines is 1. The molecule has 0 saturated carbocycles. The Bertz CT molecular complexity index is 820. The lowest BCUT2D eigenvalue weighted by molar-refractivity contribution is -0.118. The maximum absolute atomic E-state index is 13.0. The third-order valence-electron chi connectivity index (χ3n) is 3.05. The molecule has 0 aliphatic heterocycles. The highest BCUT2D eigenvalue weighted by Crippen LogP contribution is 2.19. The zero-order chi connectivity index (χ0) is 15.4. The van der Waals surface area contributed by atoms with Crippen molar-refractivity contribution in [2.45, 2.75) is 0 Å². The van der Waals surface area contributed by atoms with Crippen molar-refractivity contribution in [1.82, 2.24) is 4.98 Å². The van der Waals surface area contributed by atoms with Crippen molar-refractivity contribution in [3.8, 4) is 5.75 Å². The quantitative estimate of drug-likeness (QED) is 0.803. The molecule has 0 saturated heterocycles. The summed E-state index contributed by atoms with van der Waals surface area (Å²) in [6, 6.07) is 14.9. The molecule has 0 fully saturated rings. The van der Waals surface area contributed by atoms with Crippen molar-refractivity contribution in [1.29, 1.82) is 0 Å². The highest BCUT2D eigenvalue weighted by atomic mass is 19.1. The number of halogens is 1. The van der Waals surface area contributed by atoms with E-state index in [4.69, 9.17) is 4.74 Å². The first-order valence-corrected chi connectivity index (χ1v) is 6.74. The lowest BCUT2D eigenvalue weighted by Gasteiger charge is -2.08. The number of hydrogen-bond acceptors (Lipinski definition) is 3. The van der Waals surface area contributed by atoms with Gasteiger partial charge in [-0.3, -0.25) is 9.78 Å². The Kier molecular flexibility index (Phi) is 3.96. The fourth-order valence-corrected chi connectivity index (χ4v) is 2.06. The molecule has 22 heavy (non-hydrogen) atoms. The number of benzene rings is 2. The van der Waals surface area contributed by atoms with Crippen LogP contribution in [0.3, 0.4) is 0 Å². The Morgan fingerprint density at radius 1 is 1.14 bits per heavy atom. The van der Waals surface area contributed by atoms with Crippen molar-refractivity contribution < 1.29 is 13.9 Å². The number of nitrogens with one attached hydrogen (secondary N) is 1. The Morgan fingerprint density at radius 3 is 2.91 bits per heavy atom. The predicted octanol–water partition coefficient (Wildman–Crippen LogP) is 3.39. The molecule has 5 heteroatoms. The number of fused-ring (bicyclic) bond motifs is 1. The fraction of sp³-hybridized carbons (Fsp3) is 0.0588. The Morgan fingerprint density at radius 2 is 2.05 bits per heavy atom. The highest BCUT2D eigenvalue weighted by Gasteiger charge is 2.05. The van der Waals surface area contributed by atoms with Gasteiger partial charge in [0.15, 0.2) is 6.61 Å². The summed E-state index contributed by atoms with van der Waals surface area (Å²) in [7, 11) is 0. The van der Waals surface area contributed by atoms with Gasteiger partial charge in [-0.15, -0.1) is 0 Å². The smallest absolute Gasteiger partial charge is 0.262 e. The molecule has 1 heterocycles. The molecule has 110 valence electrons. The van der Waals surface area contributed by atoms with Crippen molar-refractivity contribution >= 4 is 22.5 Å². The summed E-state index contributed by atoms with van der Waals surface area (Å²) in [5, 5.41) is 3.51. The van der Waals surface area contributed by atoms with Crippen LogP contribution in [0.25, 0.3) is 10.9 Å². The number of hydrogen-bond donors (Lipinski definition) is 1. The molecule has 0 spiro atoms. The molecule has 1 aromatic heterocycles. The van der Waals surface area contributed by atoms with Crippen LogP contribution in [0.2, 0.25) is 0 Å². The first kappa shape index (κ1) is 14.0. The molecular formula is C17H13FN2O2. The number of amides is 1. The van der Waals surface area contributed by atoms with Crippen LogP contribution in [-0.2, 0) is 4.79 Å². The highest BCUT2D eigenvalue weighted by molar-refractivity contribution is 5.91. The van der Waals surface area contributed by atoms with E-state index in [2.05, 4.69) is 10.3 Å². The number of nitrogens with zero attached hydrogens (tertiary/aromatic N) is 1. The summed E-state index contributed by atoms with van der Waals surface area (Å²) in [6.45, 7) is -0.151. The molecule has 0 aliphatic rings. The van der Waals surface area contributed by atoms with E-state index in [1.165, 1.54) is 18.2 Å². The summed E-state index contributed by atoms with van der Waals surface area (Å²) in [4.78, 5) is 16.0. The summed E-state index contributed by atoms with van der Waals surface area (Å²) >= 11 is 0. The first-order chi connectivity index (χ1) is 10.7. The lowest BCUT2D eigenvalue weighted by Crippen LogP contribution is -2.20. The van der Waals surface area contributed by atoms with Gasteiger partial charge in [0, 0.05) is 17.3 Å². The third-order valence-corrected chi connectivity index (χ3v) is 3.05. The number of aromatic nitrogens is 1. The minimum atomic E-state index is -0.402. The topological polar surface area (TPSA) is 51.2 Å². The van der Waals surface area contributed by atoms with E-state index in [9.17, 15) is 9.18 Å². The van der Waals surface area contributed by atoms with Crippen molar-refractivity contribution in [2.75, 3.05) is 11.9 Å². The summed E-state index contributed by atoms with van der Waals surface area (Å²) < 4.78 is 18.5. The van der Waals surface area contributed by atoms with Gasteiger partial charge >= 0.3 is 0 Å². The van der Waals surface area contributed by atoms with Gasteiger partial charge in [-0.25, -0.2) is 4.39 Å². The second-order valence-corrected chi connectivity index (χ2v) is 4.71. The average Bonchev–Trinajstić information content (AvgIpc) is 2.53. The van der Waals surface area contributed by atoms with E-state index in [1.54, 1.807) is 18.3 Å². The van der Waals surface area contributed by atoms with Gasteiger partial charge in [0.05, 0.1) is 5.52 Å². The fourth-order valence-electron chi connectivity index (χ4n) is 2.06. The number of ether oxygens (including phenoxy) is 1. The van der Waals surface area contributed by atoms with E-state index >= 15 is 0 Å². The largest absolute Gasteiger partial charge is 0.484 e. The molecule has 4 nitrogen and oxygen atoms in total. The van der Waals surface area contributed by atoms with Crippen LogP contribution >= 0.6 is 0 Å². The minimum Gasteiger partial charge on any atom is -0.484 e. The van der Waals surface area contributed by atoms with Crippen LogP contribution in [0.15, 0.2) is 60.8 Å². The summed E-state index contributed by atoms with van der Waals surface area (Å²) in [5.41, 5.74) is 1.26. The van der Waals surface area contributed by atoms with Gasteiger partial charge in [0.2, 0.25) is 0 Å². The maximum atomic E-state index is 13.0. The van der Waals surface area contributed by atoms with E-state index in [0.29, 0.717) is 11.4 Å². The van der Waals surface area contributed by atoms with E-state index < -0.39 is 5.82 Å². The van der Waals surface area contributed by atoms with Gasteiger partial charge in [0.25, 0.3) is 5.91 Å². The standard InChI is InChI=1S/C17H13FN2O2/c18-13-4-1-5-14(10-13)20-17(21)11-22-15-6-7-16-12(9-15)3-2-8-19-16/h1-10H,11H2,(H,20,21). The molecular weight excluding hydrogens is 283 g/mol. The first-order valence-electron chi connectivity index (χ1n) is 6.74. The normalized spacial score (nSPS) is 10.4. The van der Waals surface area contributed by atoms with Gasteiger partial charge in [-0.05, 0) is 42.5 Å². The lowest BCUT2D eigenvalue weighted by atomic mass is 10.2. The number of pyridine rings is 1. The minimum absolute atomic E-state index is 0.151. The monoisotopic (exact) mass is 296 g/mol. The molecule has 1 amide bonds. The second-order valence-electron chi connectivity index (χ2n) is 4.71. The van der Waals surface area contributed by atoms with Gasteiger partial charge in [-0.2, -0.15) is 0 Å². The molecule has 0 atom stereocenters.